The number of anilines is 3. The summed E-state index contributed by atoms with van der Waals surface area (Å²) in [7, 11) is 0. The number of rotatable bonds is 7. The van der Waals surface area contributed by atoms with Crippen molar-refractivity contribution in [2.45, 2.75) is 24.7 Å². The maximum absolute atomic E-state index is 13.3. The first kappa shape index (κ1) is 26.7. The number of cyclic esters (lactones) is 1. The summed E-state index contributed by atoms with van der Waals surface area (Å²) in [4.78, 5) is 53.0. The Hall–Kier alpha value is -3.87. The van der Waals surface area contributed by atoms with Crippen molar-refractivity contribution in [2.75, 3.05) is 55.0 Å². The Bertz CT molecular complexity index is 1230. The number of benzene rings is 2. The first-order valence-electron chi connectivity index (χ1n) is 12.5. The molecule has 2 aromatic rings. The molecule has 3 heterocycles. The number of halogens is 1. The average Bonchev–Trinajstić information content (AvgIpc) is 3.56. The molecule has 5 rings (SSSR count). The van der Waals surface area contributed by atoms with Crippen LogP contribution in [0.15, 0.2) is 48.5 Å². The van der Waals surface area contributed by atoms with E-state index in [4.69, 9.17) is 25.8 Å². The highest BCUT2D eigenvalue weighted by Crippen LogP contribution is 2.25. The first-order valence-corrected chi connectivity index (χ1v) is 12.9. The number of hydrogen-bond donors (Lipinski definition) is 3. The number of carbonyl (C=O) groups excluding carboxylic acids is 4. The van der Waals surface area contributed by atoms with Gasteiger partial charge in [0.1, 0.15) is 18.8 Å². The second-order valence-electron chi connectivity index (χ2n) is 9.34. The van der Waals surface area contributed by atoms with Crippen molar-refractivity contribution in [3.63, 3.8) is 0 Å². The zero-order valence-corrected chi connectivity index (χ0v) is 21.7. The van der Waals surface area contributed by atoms with Gasteiger partial charge in [-0.1, -0.05) is 11.6 Å². The fourth-order valence-corrected chi connectivity index (χ4v) is 4.76. The van der Waals surface area contributed by atoms with Gasteiger partial charge in [-0.2, -0.15) is 0 Å². The number of morpholine rings is 1. The van der Waals surface area contributed by atoms with Gasteiger partial charge in [-0.15, -0.1) is 0 Å². The lowest BCUT2D eigenvalue weighted by Gasteiger charge is -2.27. The van der Waals surface area contributed by atoms with Crippen LogP contribution in [0.5, 0.6) is 0 Å². The molecular formula is C26H28ClN5O7. The van der Waals surface area contributed by atoms with E-state index in [0.29, 0.717) is 41.8 Å². The lowest BCUT2D eigenvalue weighted by atomic mass is 10.1. The van der Waals surface area contributed by atoms with Crippen molar-refractivity contribution in [1.82, 2.24) is 10.2 Å². The Balaban J connectivity index is 1.25. The van der Waals surface area contributed by atoms with Gasteiger partial charge in [-0.25, -0.2) is 9.59 Å². The zero-order chi connectivity index (χ0) is 27.4. The van der Waals surface area contributed by atoms with Crippen LogP contribution in [0.4, 0.5) is 26.7 Å². The summed E-state index contributed by atoms with van der Waals surface area (Å²) >= 11 is 5.94. The lowest BCUT2D eigenvalue weighted by Crippen LogP contribution is -2.45. The van der Waals surface area contributed by atoms with E-state index in [1.54, 1.807) is 53.4 Å². The largest absolute Gasteiger partial charge is 0.442 e. The highest BCUT2D eigenvalue weighted by molar-refractivity contribution is 6.30. The molecule has 3 atom stereocenters. The fraction of sp³-hybridized carbons (Fsp3) is 0.385. The van der Waals surface area contributed by atoms with E-state index in [1.165, 1.54) is 4.90 Å². The predicted molar refractivity (Wildman–Crippen MR) is 142 cm³/mol. The van der Waals surface area contributed by atoms with Crippen LogP contribution in [0, 0.1) is 0 Å². The van der Waals surface area contributed by atoms with Gasteiger partial charge in [0, 0.05) is 41.6 Å². The van der Waals surface area contributed by atoms with E-state index in [1.807, 2.05) is 0 Å². The Labute approximate surface area is 229 Å². The SMILES string of the molecule is O=C1NCC(COC2CC(C(=O)Nc3ccc(N4CCOCC4=O)cc3)N(C(=O)Nc3ccc(Cl)cc3)C2)O1. The molecule has 3 N–H and O–H groups in total. The number of likely N-dealkylation sites (tertiary alicyclic amines) is 1. The van der Waals surface area contributed by atoms with E-state index in [0.717, 1.165) is 0 Å². The number of hydrogen-bond acceptors (Lipinski definition) is 7. The van der Waals surface area contributed by atoms with E-state index in [2.05, 4.69) is 16.0 Å². The number of carbonyl (C=O) groups is 4. The molecule has 3 aliphatic rings. The molecule has 3 unspecified atom stereocenters. The van der Waals surface area contributed by atoms with Crippen LogP contribution >= 0.6 is 11.6 Å². The van der Waals surface area contributed by atoms with Crippen molar-refractivity contribution in [2.24, 2.45) is 0 Å². The number of alkyl carbamates (subject to hydrolysis) is 1. The van der Waals surface area contributed by atoms with Crippen LogP contribution in [0.1, 0.15) is 6.42 Å². The molecule has 0 saturated carbocycles. The standard InChI is InChI=1S/C26H28ClN5O7/c27-16-1-3-18(4-2-16)30-25(35)32-13-20(38-14-21-12-28-26(36)39-21)11-22(32)24(34)29-17-5-7-19(8-6-17)31-9-10-37-15-23(31)33/h1-8,20-22H,9-15H2,(H,28,36)(H,29,34)(H,30,35). The molecule has 12 nitrogen and oxygen atoms in total. The number of urea groups is 1. The van der Waals surface area contributed by atoms with E-state index in [-0.39, 0.29) is 38.0 Å². The third-order valence-corrected chi connectivity index (χ3v) is 6.87. The number of ether oxygens (including phenoxy) is 3. The van der Waals surface area contributed by atoms with Crippen LogP contribution in [0.25, 0.3) is 0 Å². The Morgan fingerprint density at radius 2 is 1.77 bits per heavy atom. The van der Waals surface area contributed by atoms with E-state index >= 15 is 0 Å². The minimum Gasteiger partial charge on any atom is -0.442 e. The second-order valence-corrected chi connectivity index (χ2v) is 9.77. The van der Waals surface area contributed by atoms with Crippen LogP contribution in [0.3, 0.4) is 0 Å². The van der Waals surface area contributed by atoms with Gasteiger partial charge in [-0.3, -0.25) is 9.59 Å². The highest BCUT2D eigenvalue weighted by Gasteiger charge is 2.41. The highest BCUT2D eigenvalue weighted by atomic mass is 35.5. The molecule has 0 spiro atoms. The Morgan fingerprint density at radius 3 is 2.46 bits per heavy atom. The summed E-state index contributed by atoms with van der Waals surface area (Å²) in [5.74, 6) is -0.503. The molecule has 5 amide bonds. The van der Waals surface area contributed by atoms with Gasteiger partial charge in [-0.05, 0) is 48.5 Å². The number of amides is 5. The minimum atomic E-state index is -0.813. The maximum atomic E-state index is 13.3. The quantitative estimate of drug-likeness (QED) is 0.475. The summed E-state index contributed by atoms with van der Waals surface area (Å²) in [5.41, 5.74) is 1.77. The molecule has 3 aliphatic heterocycles. The summed E-state index contributed by atoms with van der Waals surface area (Å²) in [6.07, 6.45) is -1.11. The Kier molecular flexibility index (Phi) is 8.15. The normalized spacial score (nSPS) is 22.8. The van der Waals surface area contributed by atoms with E-state index < -0.39 is 30.4 Å². The van der Waals surface area contributed by atoms with Crippen LogP contribution in [-0.4, -0.2) is 86.5 Å². The van der Waals surface area contributed by atoms with Crippen molar-refractivity contribution in [1.29, 1.82) is 0 Å². The molecule has 0 aromatic heterocycles. The molecule has 13 heteroatoms. The molecule has 39 heavy (non-hydrogen) atoms. The minimum absolute atomic E-state index is 0.0387. The third-order valence-electron chi connectivity index (χ3n) is 6.62. The summed E-state index contributed by atoms with van der Waals surface area (Å²) in [6.45, 7) is 1.61. The van der Waals surface area contributed by atoms with Crippen molar-refractivity contribution >= 4 is 52.6 Å². The summed E-state index contributed by atoms with van der Waals surface area (Å²) < 4.78 is 16.2. The predicted octanol–water partition coefficient (Wildman–Crippen LogP) is 2.44. The average molecular weight is 558 g/mol. The zero-order valence-electron chi connectivity index (χ0n) is 20.9. The summed E-state index contributed by atoms with van der Waals surface area (Å²) in [6, 6.07) is 12.3. The van der Waals surface area contributed by atoms with Crippen LogP contribution in [-0.2, 0) is 23.8 Å². The second kappa shape index (κ2) is 11.9. The van der Waals surface area contributed by atoms with Crippen molar-refractivity contribution < 1.29 is 33.4 Å². The van der Waals surface area contributed by atoms with Gasteiger partial charge in [0.15, 0.2) is 0 Å². The molecular weight excluding hydrogens is 530 g/mol. The fourth-order valence-electron chi connectivity index (χ4n) is 4.63. The molecule has 0 aliphatic carbocycles. The number of nitrogens with zero attached hydrogens (tertiary/aromatic N) is 2. The number of nitrogens with one attached hydrogen (secondary N) is 3. The maximum Gasteiger partial charge on any atom is 0.407 e. The van der Waals surface area contributed by atoms with Crippen molar-refractivity contribution in [3.8, 4) is 0 Å². The van der Waals surface area contributed by atoms with E-state index in [9.17, 15) is 19.2 Å². The molecule has 3 fully saturated rings. The van der Waals surface area contributed by atoms with Crippen LogP contribution in [0.2, 0.25) is 5.02 Å². The topological polar surface area (TPSA) is 139 Å². The molecule has 0 radical (unpaired) electrons. The Morgan fingerprint density at radius 1 is 1.05 bits per heavy atom. The van der Waals surface area contributed by atoms with Gasteiger partial charge < -0.3 is 40.0 Å². The molecule has 206 valence electrons. The molecule has 3 saturated heterocycles. The van der Waals surface area contributed by atoms with Crippen LogP contribution < -0.4 is 20.9 Å². The monoisotopic (exact) mass is 557 g/mol. The smallest absolute Gasteiger partial charge is 0.407 e. The first-order chi connectivity index (χ1) is 18.9. The van der Waals surface area contributed by atoms with Gasteiger partial charge in [0.2, 0.25) is 5.91 Å². The molecule has 0 bridgehead atoms. The lowest BCUT2D eigenvalue weighted by molar-refractivity contribution is -0.125. The van der Waals surface area contributed by atoms with Gasteiger partial charge in [0.25, 0.3) is 5.91 Å². The third kappa shape index (κ3) is 6.59. The van der Waals surface area contributed by atoms with Gasteiger partial charge in [0.05, 0.1) is 25.9 Å². The molecule has 2 aromatic carbocycles. The van der Waals surface area contributed by atoms with Gasteiger partial charge >= 0.3 is 12.1 Å². The van der Waals surface area contributed by atoms with Crippen molar-refractivity contribution in [3.05, 3.63) is 53.6 Å². The summed E-state index contributed by atoms with van der Waals surface area (Å²) in [5, 5.41) is 8.76.